The smallest absolute Gasteiger partial charge is 0.272 e. The van der Waals surface area contributed by atoms with E-state index in [0.29, 0.717) is 11.7 Å². The van der Waals surface area contributed by atoms with Gasteiger partial charge in [-0.15, -0.1) is 0 Å². The van der Waals surface area contributed by atoms with Gasteiger partial charge in [-0.1, -0.05) is 6.42 Å². The number of carbonyl (C=O) groups is 1. The Bertz CT molecular complexity index is 395. The minimum atomic E-state index is 0.0740. The van der Waals surface area contributed by atoms with Crippen LogP contribution >= 0.6 is 0 Å². The fraction of sp³-hybridized carbons (Fsp3) is 0.692. The molecule has 1 fully saturated rings. The molecule has 0 radical (unpaired) electrons. The molecule has 1 atom stereocenters. The van der Waals surface area contributed by atoms with Gasteiger partial charge in [-0.3, -0.25) is 9.48 Å². The Hall–Kier alpha value is -1.36. The summed E-state index contributed by atoms with van der Waals surface area (Å²) >= 11 is 0. The van der Waals surface area contributed by atoms with Gasteiger partial charge >= 0.3 is 0 Å². The number of rotatable bonds is 4. The lowest BCUT2D eigenvalue weighted by molar-refractivity contribution is 0.0730. The molecular weight excluding hydrogens is 228 g/mol. The van der Waals surface area contributed by atoms with Gasteiger partial charge in [0, 0.05) is 32.4 Å². The average Bonchev–Trinajstić information content (AvgIpc) is 2.82. The maximum absolute atomic E-state index is 12.4. The number of aromatic nitrogens is 2. The lowest BCUT2D eigenvalue weighted by Crippen LogP contribution is -2.46. The molecular formula is C13H22N4O. The summed E-state index contributed by atoms with van der Waals surface area (Å²) in [4.78, 5) is 14.3. The highest BCUT2D eigenvalue weighted by Gasteiger charge is 2.21. The molecule has 0 aliphatic carbocycles. The molecule has 1 N–H and O–H groups in total. The zero-order valence-corrected chi connectivity index (χ0v) is 11.2. The molecule has 0 saturated carbocycles. The van der Waals surface area contributed by atoms with E-state index in [1.165, 1.54) is 12.8 Å². The molecule has 2 heterocycles. The van der Waals surface area contributed by atoms with Crippen molar-refractivity contribution >= 4 is 5.91 Å². The van der Waals surface area contributed by atoms with Gasteiger partial charge < -0.3 is 10.2 Å². The van der Waals surface area contributed by atoms with Crippen molar-refractivity contribution in [3.8, 4) is 0 Å². The molecule has 1 aromatic heterocycles. The summed E-state index contributed by atoms with van der Waals surface area (Å²) in [5, 5.41) is 7.54. The highest BCUT2D eigenvalue weighted by molar-refractivity contribution is 5.92. The Morgan fingerprint density at radius 1 is 1.61 bits per heavy atom. The molecule has 1 aliphatic rings. The molecule has 1 unspecified atom stereocenters. The largest absolute Gasteiger partial charge is 0.336 e. The number of nitrogens with zero attached hydrogens (tertiary/aromatic N) is 3. The number of hydrogen-bond acceptors (Lipinski definition) is 3. The van der Waals surface area contributed by atoms with E-state index < -0.39 is 0 Å². The van der Waals surface area contributed by atoms with Crippen molar-refractivity contribution in [2.24, 2.45) is 7.05 Å². The van der Waals surface area contributed by atoms with Crippen LogP contribution in [-0.4, -0.2) is 46.3 Å². The monoisotopic (exact) mass is 250 g/mol. The molecule has 1 amide bonds. The zero-order valence-electron chi connectivity index (χ0n) is 11.2. The number of aryl methyl sites for hydroxylation is 1. The Morgan fingerprint density at radius 3 is 3.00 bits per heavy atom. The quantitative estimate of drug-likeness (QED) is 0.868. The number of hydrogen-bond donors (Lipinski definition) is 1. The molecule has 1 saturated heterocycles. The van der Waals surface area contributed by atoms with Crippen LogP contribution in [0, 0.1) is 0 Å². The van der Waals surface area contributed by atoms with E-state index in [1.54, 1.807) is 24.0 Å². The number of likely N-dealkylation sites (N-methyl/N-ethyl adjacent to an activating group) is 1. The van der Waals surface area contributed by atoms with Crippen LogP contribution in [0.25, 0.3) is 0 Å². The number of amides is 1. The summed E-state index contributed by atoms with van der Waals surface area (Å²) in [6, 6.07) is 2.22. The molecule has 5 nitrogen and oxygen atoms in total. The van der Waals surface area contributed by atoms with Crippen molar-refractivity contribution in [3.63, 3.8) is 0 Å². The highest BCUT2D eigenvalue weighted by atomic mass is 16.2. The molecule has 5 heteroatoms. The first-order valence-corrected chi connectivity index (χ1v) is 6.73. The van der Waals surface area contributed by atoms with E-state index in [4.69, 9.17) is 0 Å². The van der Waals surface area contributed by atoms with E-state index >= 15 is 0 Å². The van der Waals surface area contributed by atoms with Crippen LogP contribution in [0.3, 0.4) is 0 Å². The lowest BCUT2D eigenvalue weighted by atomic mass is 10.0. The van der Waals surface area contributed by atoms with Crippen LogP contribution < -0.4 is 5.32 Å². The van der Waals surface area contributed by atoms with Crippen LogP contribution in [0.1, 0.15) is 36.7 Å². The molecule has 100 valence electrons. The summed E-state index contributed by atoms with van der Waals surface area (Å²) < 4.78 is 1.64. The third-order valence-corrected chi connectivity index (χ3v) is 3.56. The summed E-state index contributed by atoms with van der Waals surface area (Å²) in [5.74, 6) is 0.0740. The van der Waals surface area contributed by atoms with Gasteiger partial charge in [0.05, 0.1) is 0 Å². The maximum Gasteiger partial charge on any atom is 0.272 e. The van der Waals surface area contributed by atoms with Gasteiger partial charge in [0.15, 0.2) is 0 Å². The van der Waals surface area contributed by atoms with Crippen LogP contribution in [0.2, 0.25) is 0 Å². The molecule has 2 rings (SSSR count). The van der Waals surface area contributed by atoms with Crippen molar-refractivity contribution in [1.29, 1.82) is 0 Å². The maximum atomic E-state index is 12.4. The highest BCUT2D eigenvalue weighted by Crippen LogP contribution is 2.10. The van der Waals surface area contributed by atoms with Gasteiger partial charge in [-0.2, -0.15) is 5.10 Å². The normalized spacial score (nSPS) is 19.8. The van der Waals surface area contributed by atoms with Gasteiger partial charge in [0.2, 0.25) is 0 Å². The summed E-state index contributed by atoms with van der Waals surface area (Å²) in [6.45, 7) is 4.63. The Balaban J connectivity index is 1.99. The van der Waals surface area contributed by atoms with Crippen LogP contribution in [0.15, 0.2) is 12.3 Å². The Kier molecular flexibility index (Phi) is 4.36. The van der Waals surface area contributed by atoms with Gasteiger partial charge in [-0.25, -0.2) is 0 Å². The molecule has 0 aromatic carbocycles. The summed E-state index contributed by atoms with van der Waals surface area (Å²) in [6.07, 6.45) is 5.34. The number of piperidine rings is 1. The van der Waals surface area contributed by atoms with E-state index in [0.717, 1.165) is 26.1 Å². The third-order valence-electron chi connectivity index (χ3n) is 3.56. The number of nitrogens with one attached hydrogen (secondary N) is 1. The Labute approximate surface area is 108 Å². The fourth-order valence-corrected chi connectivity index (χ4v) is 2.45. The second-order valence-corrected chi connectivity index (χ2v) is 4.83. The van der Waals surface area contributed by atoms with Gasteiger partial charge in [0.1, 0.15) is 5.69 Å². The average molecular weight is 250 g/mol. The summed E-state index contributed by atoms with van der Waals surface area (Å²) in [5.41, 5.74) is 0.660. The molecule has 1 aromatic rings. The van der Waals surface area contributed by atoms with Crippen LogP contribution in [0.5, 0.6) is 0 Å². The van der Waals surface area contributed by atoms with Gasteiger partial charge in [-0.05, 0) is 32.4 Å². The molecule has 0 spiro atoms. The van der Waals surface area contributed by atoms with Crippen molar-refractivity contribution in [2.75, 3.05) is 19.6 Å². The van der Waals surface area contributed by atoms with Gasteiger partial charge in [0.25, 0.3) is 5.91 Å². The predicted octanol–water partition coefficient (Wildman–Crippen LogP) is 1.02. The van der Waals surface area contributed by atoms with Crippen LogP contribution in [-0.2, 0) is 7.05 Å². The SMILES string of the molecule is CCN(CC1CCCCN1)C(=O)c1ccnn1C. The topological polar surface area (TPSA) is 50.2 Å². The van der Waals surface area contributed by atoms with E-state index in [2.05, 4.69) is 10.4 Å². The first kappa shape index (κ1) is 13.1. The molecule has 1 aliphatic heterocycles. The minimum absolute atomic E-state index is 0.0740. The van der Waals surface area contributed by atoms with Crippen molar-refractivity contribution in [1.82, 2.24) is 20.0 Å². The summed E-state index contributed by atoms with van der Waals surface area (Å²) in [7, 11) is 1.81. The van der Waals surface area contributed by atoms with E-state index in [1.807, 2.05) is 11.8 Å². The van der Waals surface area contributed by atoms with Crippen LogP contribution in [0.4, 0.5) is 0 Å². The first-order valence-electron chi connectivity index (χ1n) is 6.73. The fourth-order valence-electron chi connectivity index (χ4n) is 2.45. The lowest BCUT2D eigenvalue weighted by Gasteiger charge is -2.29. The molecule has 18 heavy (non-hydrogen) atoms. The van der Waals surface area contributed by atoms with Crippen molar-refractivity contribution in [2.45, 2.75) is 32.2 Å². The predicted molar refractivity (Wildman–Crippen MR) is 70.4 cm³/mol. The molecule has 0 bridgehead atoms. The minimum Gasteiger partial charge on any atom is -0.336 e. The number of carbonyl (C=O) groups excluding carboxylic acids is 1. The van der Waals surface area contributed by atoms with E-state index in [9.17, 15) is 4.79 Å². The second-order valence-electron chi connectivity index (χ2n) is 4.83. The Morgan fingerprint density at radius 2 is 2.44 bits per heavy atom. The standard InChI is InChI=1S/C13H22N4O/c1-3-17(10-11-6-4-5-8-14-11)13(18)12-7-9-15-16(12)2/h7,9,11,14H,3-6,8,10H2,1-2H3. The second kappa shape index (κ2) is 6.00. The third kappa shape index (κ3) is 2.90. The van der Waals surface area contributed by atoms with Crippen molar-refractivity contribution in [3.05, 3.63) is 18.0 Å². The zero-order chi connectivity index (χ0) is 13.0. The van der Waals surface area contributed by atoms with E-state index in [-0.39, 0.29) is 5.91 Å². The van der Waals surface area contributed by atoms with Crippen molar-refractivity contribution < 1.29 is 4.79 Å². The first-order chi connectivity index (χ1) is 8.72.